The first-order valence-electron chi connectivity index (χ1n) is 8.39. The van der Waals surface area contributed by atoms with E-state index in [4.69, 9.17) is 4.74 Å². The van der Waals surface area contributed by atoms with Gasteiger partial charge in [-0.15, -0.1) is 0 Å². The highest BCUT2D eigenvalue weighted by molar-refractivity contribution is 7.85. The highest BCUT2D eigenvalue weighted by Gasteiger charge is 2.32. The second kappa shape index (κ2) is 7.20. The van der Waals surface area contributed by atoms with E-state index in [1.807, 2.05) is 0 Å². The zero-order valence-corrected chi connectivity index (χ0v) is 15.3. The van der Waals surface area contributed by atoms with Crippen LogP contribution in [0.25, 0.3) is 11.3 Å². The smallest absolute Gasteiger partial charge is 0.272 e. The van der Waals surface area contributed by atoms with Crippen molar-refractivity contribution in [2.24, 2.45) is 0 Å². The highest BCUT2D eigenvalue weighted by Crippen LogP contribution is 2.37. The first-order valence-corrected chi connectivity index (χ1v) is 9.49. The van der Waals surface area contributed by atoms with Crippen molar-refractivity contribution in [3.05, 3.63) is 29.7 Å². The Morgan fingerprint density at radius 2 is 2.07 bits per heavy atom. The Morgan fingerprint density at radius 3 is 2.75 bits per heavy atom. The van der Waals surface area contributed by atoms with E-state index in [0.717, 1.165) is 4.31 Å². The van der Waals surface area contributed by atoms with Gasteiger partial charge < -0.3 is 14.7 Å². The number of aromatic nitrogens is 2. The molecular formula is C16H16FN5O5S. The molecule has 4 rings (SSSR count). The van der Waals surface area contributed by atoms with E-state index in [-0.39, 0.29) is 35.1 Å². The minimum atomic E-state index is -2.00. The molecule has 2 saturated heterocycles. The van der Waals surface area contributed by atoms with Gasteiger partial charge in [0.15, 0.2) is 5.82 Å². The van der Waals surface area contributed by atoms with Crippen LogP contribution in [0.4, 0.5) is 10.1 Å². The van der Waals surface area contributed by atoms with Crippen molar-refractivity contribution >= 4 is 28.7 Å². The van der Waals surface area contributed by atoms with Gasteiger partial charge in [-0.25, -0.2) is 8.60 Å². The molecule has 1 aromatic carbocycles. The lowest BCUT2D eigenvalue weighted by atomic mass is 10.1. The van der Waals surface area contributed by atoms with Crippen LogP contribution in [-0.2, 0) is 20.7 Å². The van der Waals surface area contributed by atoms with Gasteiger partial charge in [-0.05, 0) is 18.2 Å². The molecule has 1 atom stereocenters. The zero-order chi connectivity index (χ0) is 19.8. The molecule has 0 spiro atoms. The number of amides is 2. The van der Waals surface area contributed by atoms with E-state index in [0.29, 0.717) is 26.3 Å². The lowest BCUT2D eigenvalue weighted by Crippen LogP contribution is -2.40. The van der Waals surface area contributed by atoms with Crippen LogP contribution >= 0.6 is 0 Å². The summed E-state index contributed by atoms with van der Waals surface area (Å²) >= 11 is -2.00. The molecule has 0 saturated carbocycles. The number of nitrogens with zero attached hydrogens (tertiary/aromatic N) is 3. The van der Waals surface area contributed by atoms with E-state index in [9.17, 15) is 18.9 Å². The molecule has 10 nitrogen and oxygen atoms in total. The summed E-state index contributed by atoms with van der Waals surface area (Å²) in [5, 5.41) is 16.6. The molecular weight excluding hydrogens is 393 g/mol. The molecule has 2 amide bonds. The summed E-state index contributed by atoms with van der Waals surface area (Å²) in [4.78, 5) is 25.5. The average molecular weight is 409 g/mol. The molecule has 0 bridgehead atoms. The zero-order valence-electron chi connectivity index (χ0n) is 14.5. The number of morpholine rings is 1. The fourth-order valence-electron chi connectivity index (χ4n) is 3.03. The van der Waals surface area contributed by atoms with Crippen molar-refractivity contribution in [1.29, 1.82) is 0 Å². The van der Waals surface area contributed by atoms with Gasteiger partial charge in [0.1, 0.15) is 23.7 Å². The monoisotopic (exact) mass is 409 g/mol. The SMILES string of the molecule is O=C1CN(c2c(O)ccc(-c3cc(C(=O)N4CCOCC4)[nH]n3)c2F)S(=O)N1. The predicted molar refractivity (Wildman–Crippen MR) is 96.0 cm³/mol. The number of halogens is 1. The maximum absolute atomic E-state index is 15.1. The van der Waals surface area contributed by atoms with Crippen LogP contribution < -0.4 is 9.03 Å². The molecule has 3 heterocycles. The number of anilines is 1. The Hall–Kier alpha value is -2.99. The third-order valence-electron chi connectivity index (χ3n) is 4.42. The first kappa shape index (κ1) is 18.4. The Kier molecular flexibility index (Phi) is 4.73. The summed E-state index contributed by atoms with van der Waals surface area (Å²) in [5.41, 5.74) is -0.0631. The van der Waals surface area contributed by atoms with Gasteiger partial charge in [0, 0.05) is 18.7 Å². The molecule has 2 aromatic rings. The molecule has 28 heavy (non-hydrogen) atoms. The Balaban J connectivity index is 1.66. The number of benzene rings is 1. The summed E-state index contributed by atoms with van der Waals surface area (Å²) in [5.74, 6) is -2.20. The summed E-state index contributed by atoms with van der Waals surface area (Å²) < 4.78 is 35.3. The van der Waals surface area contributed by atoms with Gasteiger partial charge in [0.05, 0.1) is 18.9 Å². The largest absolute Gasteiger partial charge is 0.506 e. The third kappa shape index (κ3) is 3.20. The maximum Gasteiger partial charge on any atom is 0.272 e. The summed E-state index contributed by atoms with van der Waals surface area (Å²) in [6.07, 6.45) is 0. The standard InChI is InChI=1S/C16H16FN5O5S/c17-14-9(1-2-12(23)15(14)22-8-13(24)20-28(22)26)10-7-11(19-18-10)16(25)21-3-5-27-6-4-21/h1-2,7,23H,3-6,8H2,(H,18,19)(H,20,24). The van der Waals surface area contributed by atoms with Crippen LogP contribution in [0, 0.1) is 5.82 Å². The number of phenolic OH excluding ortho intramolecular Hbond substituents is 1. The topological polar surface area (TPSA) is 128 Å². The number of rotatable bonds is 3. The van der Waals surface area contributed by atoms with Crippen molar-refractivity contribution in [1.82, 2.24) is 19.8 Å². The van der Waals surface area contributed by atoms with Gasteiger partial charge in [-0.3, -0.25) is 23.7 Å². The van der Waals surface area contributed by atoms with Crippen LogP contribution in [0.1, 0.15) is 10.5 Å². The van der Waals surface area contributed by atoms with E-state index in [1.54, 1.807) is 4.90 Å². The van der Waals surface area contributed by atoms with Crippen molar-refractivity contribution < 1.29 is 28.0 Å². The van der Waals surface area contributed by atoms with Crippen molar-refractivity contribution in [3.63, 3.8) is 0 Å². The summed E-state index contributed by atoms with van der Waals surface area (Å²) in [6, 6.07) is 3.91. The van der Waals surface area contributed by atoms with Gasteiger partial charge >= 0.3 is 0 Å². The molecule has 1 aromatic heterocycles. The summed E-state index contributed by atoms with van der Waals surface area (Å²) in [7, 11) is 0. The van der Waals surface area contributed by atoms with E-state index in [2.05, 4.69) is 14.9 Å². The molecule has 12 heteroatoms. The van der Waals surface area contributed by atoms with E-state index < -0.39 is 28.6 Å². The number of hydrogen-bond donors (Lipinski definition) is 3. The molecule has 0 aliphatic carbocycles. The Morgan fingerprint density at radius 1 is 1.32 bits per heavy atom. The number of hydrogen-bond acceptors (Lipinski definition) is 6. The second-order valence-corrected chi connectivity index (χ2v) is 7.32. The quantitative estimate of drug-likeness (QED) is 0.650. The van der Waals surface area contributed by atoms with Crippen LogP contribution in [0.3, 0.4) is 0 Å². The molecule has 1 unspecified atom stereocenters. The Labute approximate surface area is 161 Å². The number of aromatic amines is 1. The highest BCUT2D eigenvalue weighted by atomic mass is 32.2. The number of ether oxygens (including phenoxy) is 1. The molecule has 3 N–H and O–H groups in total. The number of nitrogens with one attached hydrogen (secondary N) is 2. The first-order chi connectivity index (χ1) is 13.5. The number of H-pyrrole nitrogens is 1. The number of phenols is 1. The minimum Gasteiger partial charge on any atom is -0.506 e. The molecule has 2 fully saturated rings. The normalized spacial score (nSPS) is 19.8. The average Bonchev–Trinajstić information content (AvgIpc) is 3.29. The van der Waals surface area contributed by atoms with Crippen LogP contribution in [0.2, 0.25) is 0 Å². The van der Waals surface area contributed by atoms with Crippen LogP contribution in [-0.4, -0.2) is 69.1 Å². The fourth-order valence-corrected chi connectivity index (χ4v) is 3.97. The summed E-state index contributed by atoms with van der Waals surface area (Å²) in [6.45, 7) is 1.44. The van der Waals surface area contributed by atoms with Crippen molar-refractivity contribution in [3.8, 4) is 17.0 Å². The lowest BCUT2D eigenvalue weighted by molar-refractivity contribution is -0.117. The van der Waals surface area contributed by atoms with Crippen LogP contribution in [0.15, 0.2) is 18.2 Å². The predicted octanol–water partition coefficient (Wildman–Crippen LogP) is -0.0913. The van der Waals surface area contributed by atoms with E-state index >= 15 is 4.39 Å². The minimum absolute atomic E-state index is 0.0126. The number of carbonyl (C=O) groups is 2. The maximum atomic E-state index is 15.1. The van der Waals surface area contributed by atoms with E-state index in [1.165, 1.54) is 18.2 Å². The van der Waals surface area contributed by atoms with Crippen LogP contribution in [0.5, 0.6) is 5.75 Å². The molecule has 148 valence electrons. The van der Waals surface area contributed by atoms with Crippen molar-refractivity contribution in [2.45, 2.75) is 0 Å². The number of aromatic hydroxyl groups is 1. The van der Waals surface area contributed by atoms with Gasteiger partial charge in [-0.1, -0.05) is 0 Å². The van der Waals surface area contributed by atoms with Gasteiger partial charge in [0.2, 0.25) is 11.2 Å². The molecule has 0 radical (unpaired) electrons. The molecule has 2 aliphatic heterocycles. The lowest BCUT2D eigenvalue weighted by Gasteiger charge is -2.26. The molecule has 2 aliphatic rings. The van der Waals surface area contributed by atoms with Crippen molar-refractivity contribution in [2.75, 3.05) is 37.2 Å². The number of carbonyl (C=O) groups excluding carboxylic acids is 2. The second-order valence-electron chi connectivity index (χ2n) is 6.18. The fraction of sp³-hybridized carbons (Fsp3) is 0.312. The van der Waals surface area contributed by atoms with Gasteiger partial charge in [-0.2, -0.15) is 5.10 Å². The van der Waals surface area contributed by atoms with Gasteiger partial charge in [0.25, 0.3) is 11.8 Å². The Bertz CT molecular complexity index is 974. The third-order valence-corrected chi connectivity index (χ3v) is 5.53.